The highest BCUT2D eigenvalue weighted by molar-refractivity contribution is 5.99. The van der Waals surface area contributed by atoms with E-state index < -0.39 is 57.7 Å². The first-order chi connectivity index (χ1) is 19.2. The van der Waals surface area contributed by atoms with Crippen LogP contribution in [0.4, 0.5) is 0 Å². The van der Waals surface area contributed by atoms with Crippen LogP contribution in [0, 0.1) is 34.0 Å². The number of Topliss-reactive ketones (excluding diaryl/α,β-unsaturated/α-hetero) is 1. The lowest BCUT2D eigenvalue weighted by Crippen LogP contribution is -2.74. The molecule has 0 unspecified atom stereocenters. The SMILES string of the molecule is CC=C(C)C(=O)O[C@H]1C(C)(C)[C@H](CC(=O)OC)[C@]2(C)C(=O)[C@@]1(O)C=C1[C@@H]3CC(=O)O[C@@H](c4ccoc4)[C@]3(C)CC[C@@H]12. The number of fused-ring (bicyclic) bond motifs is 6. The van der Waals surface area contributed by atoms with Crippen molar-refractivity contribution in [2.45, 2.75) is 85.0 Å². The van der Waals surface area contributed by atoms with Crippen LogP contribution in [0.2, 0.25) is 0 Å². The summed E-state index contributed by atoms with van der Waals surface area (Å²) >= 11 is 0. The van der Waals surface area contributed by atoms with Crippen LogP contribution in [0.15, 0.2) is 46.3 Å². The molecule has 4 aliphatic rings. The second kappa shape index (κ2) is 9.68. The lowest BCUT2D eigenvalue weighted by molar-refractivity contribution is -0.223. The molecule has 0 amide bonds. The molecule has 2 heterocycles. The summed E-state index contributed by atoms with van der Waals surface area (Å²) in [6.07, 6.45) is 5.67. The second-order valence-corrected chi connectivity index (χ2v) is 13.3. The van der Waals surface area contributed by atoms with E-state index in [1.54, 1.807) is 44.6 Å². The highest BCUT2D eigenvalue weighted by atomic mass is 16.6. The quantitative estimate of drug-likeness (QED) is 0.234. The van der Waals surface area contributed by atoms with E-state index in [0.717, 1.165) is 11.1 Å². The van der Waals surface area contributed by atoms with E-state index in [4.69, 9.17) is 18.6 Å². The van der Waals surface area contributed by atoms with Gasteiger partial charge in [0.1, 0.15) is 12.2 Å². The van der Waals surface area contributed by atoms with Crippen molar-refractivity contribution in [2.24, 2.45) is 34.0 Å². The Hall–Kier alpha value is -3.20. The number of methoxy groups -OCH3 is 1. The van der Waals surface area contributed by atoms with E-state index in [-0.39, 0.29) is 30.6 Å². The molecule has 1 aromatic rings. The summed E-state index contributed by atoms with van der Waals surface area (Å²) < 4.78 is 22.2. The highest BCUT2D eigenvalue weighted by Crippen LogP contribution is 2.69. The Labute approximate surface area is 240 Å². The van der Waals surface area contributed by atoms with E-state index in [0.29, 0.717) is 18.4 Å². The van der Waals surface area contributed by atoms with Gasteiger partial charge in [-0.1, -0.05) is 39.3 Å². The number of rotatable bonds is 5. The van der Waals surface area contributed by atoms with Crippen LogP contribution in [0.1, 0.15) is 78.9 Å². The predicted molar refractivity (Wildman–Crippen MR) is 146 cm³/mol. The molecule has 3 aliphatic carbocycles. The third-order valence-electron chi connectivity index (χ3n) is 10.9. The summed E-state index contributed by atoms with van der Waals surface area (Å²) in [4.78, 5) is 53.4. The Morgan fingerprint density at radius 2 is 1.88 bits per heavy atom. The largest absolute Gasteiger partial charge is 0.472 e. The number of esters is 3. The number of ether oxygens (including phenoxy) is 3. The van der Waals surface area contributed by atoms with E-state index in [1.807, 2.05) is 20.8 Å². The first-order valence-corrected chi connectivity index (χ1v) is 14.3. The number of carbonyl (C=O) groups is 4. The molecule has 0 spiro atoms. The van der Waals surface area contributed by atoms with Crippen molar-refractivity contribution in [3.63, 3.8) is 0 Å². The van der Waals surface area contributed by atoms with E-state index in [2.05, 4.69) is 6.92 Å². The maximum Gasteiger partial charge on any atom is 0.333 e. The third-order valence-corrected chi connectivity index (χ3v) is 10.9. The number of aliphatic hydroxyl groups is 1. The molecule has 1 aliphatic heterocycles. The third kappa shape index (κ3) is 4.06. The molecule has 0 radical (unpaired) electrons. The molecule has 222 valence electrons. The molecule has 2 bridgehead atoms. The van der Waals surface area contributed by atoms with Crippen LogP contribution >= 0.6 is 0 Å². The molecule has 1 aromatic heterocycles. The number of carbonyl (C=O) groups excluding carboxylic acids is 4. The standard InChI is InChI=1S/C32H40O9/c1-8-17(2)26(35)41-28-29(3,4)22(14-23(33)38-7)31(6)20-9-11-30(5)21(19(20)15-32(28,37)27(31)36)13-24(34)40-25(30)18-10-12-39-16-18/h8,10,12,15-16,20-22,25,28,37H,9,11,13-14H2,1-7H3/t20-,21-,22-,25-,28-,30+,31+,32-/m0/s1. The molecule has 0 aromatic carbocycles. The van der Waals surface area contributed by atoms with Crippen LogP contribution in [-0.4, -0.2) is 47.6 Å². The van der Waals surface area contributed by atoms with Crippen LogP contribution < -0.4 is 0 Å². The summed E-state index contributed by atoms with van der Waals surface area (Å²) in [7, 11) is 1.30. The predicted octanol–water partition coefficient (Wildman–Crippen LogP) is 4.64. The fraction of sp³-hybridized carbons (Fsp3) is 0.625. The van der Waals surface area contributed by atoms with Crippen LogP contribution in [0.5, 0.6) is 0 Å². The molecular weight excluding hydrogens is 528 g/mol. The minimum absolute atomic E-state index is 0.0841. The van der Waals surface area contributed by atoms with Gasteiger partial charge < -0.3 is 23.7 Å². The van der Waals surface area contributed by atoms with Gasteiger partial charge in [0, 0.05) is 33.8 Å². The maximum absolute atomic E-state index is 14.5. The summed E-state index contributed by atoms with van der Waals surface area (Å²) in [5.74, 6) is -3.31. The minimum atomic E-state index is -2.16. The van der Waals surface area contributed by atoms with Crippen LogP contribution in [0.3, 0.4) is 0 Å². The van der Waals surface area contributed by atoms with Crippen molar-refractivity contribution in [3.8, 4) is 0 Å². The topological polar surface area (TPSA) is 129 Å². The van der Waals surface area contributed by atoms with Crippen molar-refractivity contribution in [1.29, 1.82) is 0 Å². The molecule has 9 heteroatoms. The fourth-order valence-corrected chi connectivity index (χ4v) is 8.60. The Kier molecular flexibility index (Phi) is 6.92. The van der Waals surface area contributed by atoms with Gasteiger partial charge in [0.05, 0.1) is 26.1 Å². The van der Waals surface area contributed by atoms with Crippen LogP contribution in [-0.2, 0) is 33.4 Å². The number of ketones is 1. The van der Waals surface area contributed by atoms with Gasteiger partial charge in [-0.05, 0) is 56.6 Å². The minimum Gasteiger partial charge on any atom is -0.472 e. The van der Waals surface area contributed by atoms with E-state index in [1.165, 1.54) is 7.11 Å². The molecule has 9 nitrogen and oxygen atoms in total. The molecule has 3 fully saturated rings. The Balaban J connectivity index is 1.71. The van der Waals surface area contributed by atoms with Gasteiger partial charge in [-0.15, -0.1) is 0 Å². The van der Waals surface area contributed by atoms with Crippen molar-refractivity contribution in [2.75, 3.05) is 7.11 Å². The van der Waals surface area contributed by atoms with E-state index >= 15 is 0 Å². The second-order valence-electron chi connectivity index (χ2n) is 13.3. The van der Waals surface area contributed by atoms with Gasteiger partial charge in [0.25, 0.3) is 0 Å². The lowest BCUT2D eigenvalue weighted by Gasteiger charge is -2.65. The molecular formula is C32H40O9. The van der Waals surface area contributed by atoms with Crippen molar-refractivity contribution in [3.05, 3.63) is 47.5 Å². The molecule has 8 atom stereocenters. The zero-order valence-electron chi connectivity index (χ0n) is 24.8. The monoisotopic (exact) mass is 568 g/mol. The summed E-state index contributed by atoms with van der Waals surface area (Å²) in [5, 5.41) is 12.4. The molecule has 1 N–H and O–H groups in total. The van der Waals surface area contributed by atoms with Gasteiger partial charge >= 0.3 is 17.9 Å². The van der Waals surface area contributed by atoms with Gasteiger partial charge in [-0.3, -0.25) is 14.4 Å². The number of hydrogen-bond acceptors (Lipinski definition) is 9. The zero-order valence-corrected chi connectivity index (χ0v) is 24.8. The van der Waals surface area contributed by atoms with Gasteiger partial charge in [-0.2, -0.15) is 0 Å². The molecule has 1 saturated heterocycles. The highest BCUT2D eigenvalue weighted by Gasteiger charge is 2.73. The van der Waals surface area contributed by atoms with Gasteiger partial charge in [0.15, 0.2) is 11.4 Å². The normalized spacial score (nSPS) is 39.6. The lowest BCUT2D eigenvalue weighted by atomic mass is 9.39. The van der Waals surface area contributed by atoms with Crippen molar-refractivity contribution in [1.82, 2.24) is 0 Å². The first-order valence-electron chi connectivity index (χ1n) is 14.3. The smallest absolute Gasteiger partial charge is 0.333 e. The fourth-order valence-electron chi connectivity index (χ4n) is 8.60. The Bertz CT molecular complexity index is 1340. The zero-order chi connectivity index (χ0) is 30.1. The number of allylic oxidation sites excluding steroid dienone is 2. The Morgan fingerprint density at radius 1 is 1.17 bits per heavy atom. The van der Waals surface area contributed by atoms with Crippen molar-refractivity contribution >= 4 is 23.7 Å². The molecule has 5 rings (SSSR count). The first kappa shape index (κ1) is 29.3. The summed E-state index contributed by atoms with van der Waals surface area (Å²) in [6, 6.07) is 1.79. The van der Waals surface area contributed by atoms with Crippen LogP contribution in [0.25, 0.3) is 0 Å². The number of furan rings is 1. The maximum atomic E-state index is 14.5. The van der Waals surface area contributed by atoms with Gasteiger partial charge in [0.2, 0.25) is 0 Å². The summed E-state index contributed by atoms with van der Waals surface area (Å²) in [5.41, 5.74) is -3.03. The van der Waals surface area contributed by atoms with Crippen molar-refractivity contribution < 1.29 is 42.9 Å². The number of hydrogen-bond donors (Lipinski definition) is 1. The number of cyclic esters (lactones) is 1. The average Bonchev–Trinajstić information content (AvgIpc) is 3.46. The summed E-state index contributed by atoms with van der Waals surface area (Å²) in [6.45, 7) is 10.9. The Morgan fingerprint density at radius 3 is 2.49 bits per heavy atom. The van der Waals surface area contributed by atoms with E-state index in [9.17, 15) is 24.3 Å². The average molecular weight is 569 g/mol. The van der Waals surface area contributed by atoms with Gasteiger partial charge in [-0.25, -0.2) is 4.79 Å². The molecule has 2 saturated carbocycles. The molecule has 41 heavy (non-hydrogen) atoms.